The number of aryl methyl sites for hydroxylation is 1. The fraction of sp³-hybridized carbons (Fsp3) is 0.0870. The number of nitrogens with zero attached hydrogens (tertiary/aromatic N) is 2. The van der Waals surface area contributed by atoms with Gasteiger partial charge in [-0.15, -0.1) is 11.3 Å². The molecule has 0 radical (unpaired) electrons. The maximum Gasteiger partial charge on any atom is 0.354 e. The number of carbonyl (C=O) groups is 1. The van der Waals surface area contributed by atoms with Crippen molar-refractivity contribution in [1.82, 2.24) is 14.1 Å². The Bertz CT molecular complexity index is 1710. The third kappa shape index (κ3) is 3.37. The SMILES string of the molecule is Cc1ccc2c(c1)c(-n1c(=O)[nH]c3cscc3c1=O)c(C(=O)O)n2Cc1ccc(F)cc1Cl. The van der Waals surface area contributed by atoms with Crippen molar-refractivity contribution in [3.8, 4) is 5.69 Å². The molecule has 0 saturated carbocycles. The first-order valence-electron chi connectivity index (χ1n) is 9.78. The molecule has 33 heavy (non-hydrogen) atoms. The topological polar surface area (TPSA) is 97.1 Å². The summed E-state index contributed by atoms with van der Waals surface area (Å²) in [6.45, 7) is 1.82. The molecular weight excluding hydrogens is 469 g/mol. The number of H-pyrrole nitrogens is 1. The summed E-state index contributed by atoms with van der Waals surface area (Å²) in [5, 5.41) is 14.3. The molecule has 0 aliphatic carbocycles. The fourth-order valence-corrected chi connectivity index (χ4v) is 5.01. The zero-order valence-corrected chi connectivity index (χ0v) is 18.6. The van der Waals surface area contributed by atoms with Crippen LogP contribution in [0.3, 0.4) is 0 Å². The molecule has 0 saturated heterocycles. The highest BCUT2D eigenvalue weighted by atomic mass is 35.5. The van der Waals surface area contributed by atoms with Crippen LogP contribution in [0.1, 0.15) is 21.6 Å². The molecule has 5 rings (SSSR count). The lowest BCUT2D eigenvalue weighted by Crippen LogP contribution is -2.34. The number of rotatable bonds is 4. The number of thiophene rings is 1. The third-order valence-electron chi connectivity index (χ3n) is 5.50. The monoisotopic (exact) mass is 483 g/mol. The average Bonchev–Trinajstić information content (AvgIpc) is 3.33. The number of hydrogen-bond acceptors (Lipinski definition) is 4. The molecule has 0 spiro atoms. The number of carboxylic acid groups (broad SMARTS) is 1. The second-order valence-corrected chi connectivity index (χ2v) is 8.77. The number of nitrogens with one attached hydrogen (secondary N) is 1. The summed E-state index contributed by atoms with van der Waals surface area (Å²) in [6, 6.07) is 9.10. The van der Waals surface area contributed by atoms with Gasteiger partial charge in [0.2, 0.25) is 0 Å². The van der Waals surface area contributed by atoms with Crippen molar-refractivity contribution in [2.75, 3.05) is 0 Å². The Labute approximate surface area is 193 Å². The van der Waals surface area contributed by atoms with Gasteiger partial charge >= 0.3 is 11.7 Å². The normalized spacial score (nSPS) is 11.5. The molecule has 2 N–H and O–H groups in total. The number of aromatic amines is 1. The zero-order chi connectivity index (χ0) is 23.4. The van der Waals surface area contributed by atoms with Gasteiger partial charge in [-0.3, -0.25) is 4.79 Å². The molecule has 0 unspecified atom stereocenters. The molecule has 0 atom stereocenters. The van der Waals surface area contributed by atoms with Crippen LogP contribution in [-0.4, -0.2) is 25.2 Å². The van der Waals surface area contributed by atoms with Gasteiger partial charge in [-0.25, -0.2) is 18.5 Å². The maximum atomic E-state index is 13.5. The van der Waals surface area contributed by atoms with Gasteiger partial charge in [0.15, 0.2) is 5.69 Å². The van der Waals surface area contributed by atoms with Crippen molar-refractivity contribution in [2.45, 2.75) is 13.5 Å². The molecule has 0 aliphatic heterocycles. The van der Waals surface area contributed by atoms with Crippen LogP contribution in [0.4, 0.5) is 4.39 Å². The Morgan fingerprint density at radius 2 is 1.94 bits per heavy atom. The Morgan fingerprint density at radius 3 is 2.67 bits per heavy atom. The van der Waals surface area contributed by atoms with Gasteiger partial charge in [-0.05, 0) is 36.8 Å². The first-order chi connectivity index (χ1) is 15.8. The maximum absolute atomic E-state index is 13.5. The van der Waals surface area contributed by atoms with Gasteiger partial charge in [-0.2, -0.15) is 0 Å². The van der Waals surface area contributed by atoms with Crippen molar-refractivity contribution in [3.05, 3.63) is 95.7 Å². The van der Waals surface area contributed by atoms with Crippen molar-refractivity contribution in [2.24, 2.45) is 0 Å². The summed E-state index contributed by atoms with van der Waals surface area (Å²) in [4.78, 5) is 41.4. The fourth-order valence-electron chi connectivity index (χ4n) is 4.02. The van der Waals surface area contributed by atoms with Crippen LogP contribution >= 0.6 is 22.9 Å². The van der Waals surface area contributed by atoms with Gasteiger partial charge in [0.1, 0.15) is 5.82 Å². The van der Waals surface area contributed by atoms with E-state index in [1.807, 2.05) is 6.92 Å². The largest absolute Gasteiger partial charge is 0.477 e. The number of aromatic nitrogens is 3. The van der Waals surface area contributed by atoms with Crippen LogP contribution in [0, 0.1) is 12.7 Å². The molecule has 2 aromatic carbocycles. The minimum absolute atomic E-state index is 0.00629. The number of aromatic carboxylic acids is 1. The molecule has 7 nitrogen and oxygen atoms in total. The van der Waals surface area contributed by atoms with Crippen LogP contribution in [0.5, 0.6) is 0 Å². The molecule has 0 fully saturated rings. The minimum Gasteiger partial charge on any atom is -0.477 e. The number of halogens is 2. The van der Waals surface area contributed by atoms with Gasteiger partial charge in [0.05, 0.1) is 22.1 Å². The summed E-state index contributed by atoms with van der Waals surface area (Å²) in [6.07, 6.45) is 0. The molecule has 0 aliphatic rings. The van der Waals surface area contributed by atoms with E-state index in [4.69, 9.17) is 11.6 Å². The van der Waals surface area contributed by atoms with E-state index in [2.05, 4.69) is 4.98 Å². The molecule has 10 heteroatoms. The Hall–Kier alpha value is -3.69. The van der Waals surface area contributed by atoms with E-state index in [9.17, 15) is 23.9 Å². The summed E-state index contributed by atoms with van der Waals surface area (Å²) in [5.41, 5.74) is 0.549. The summed E-state index contributed by atoms with van der Waals surface area (Å²) in [7, 11) is 0. The predicted molar refractivity (Wildman–Crippen MR) is 126 cm³/mol. The van der Waals surface area contributed by atoms with Crippen molar-refractivity contribution in [3.63, 3.8) is 0 Å². The zero-order valence-electron chi connectivity index (χ0n) is 17.1. The van der Waals surface area contributed by atoms with E-state index in [1.165, 1.54) is 28.0 Å². The highest BCUT2D eigenvalue weighted by Crippen LogP contribution is 2.32. The number of carboxylic acids is 1. The molecular formula is C23H15ClFN3O4S. The number of benzene rings is 2. The van der Waals surface area contributed by atoms with E-state index in [1.54, 1.807) is 29.0 Å². The molecule has 3 heterocycles. The lowest BCUT2D eigenvalue weighted by molar-refractivity contribution is 0.0686. The van der Waals surface area contributed by atoms with Gasteiger partial charge in [0, 0.05) is 27.7 Å². The quantitative estimate of drug-likeness (QED) is 0.392. The van der Waals surface area contributed by atoms with E-state index >= 15 is 0 Å². The standard InChI is InChI=1S/C23H15ClFN3O4S/c1-11-2-5-18-14(6-11)19(28-21(29)15-9-33-10-17(15)26-23(28)32)20(22(30)31)27(18)8-12-3-4-13(25)7-16(12)24/h2-7,9-10H,8H2,1H3,(H,26,32)(H,30,31). The van der Waals surface area contributed by atoms with Crippen LogP contribution in [-0.2, 0) is 6.54 Å². The molecule has 0 amide bonds. The second kappa shape index (κ2) is 7.72. The molecule has 0 bridgehead atoms. The first-order valence-corrected chi connectivity index (χ1v) is 11.1. The van der Waals surface area contributed by atoms with E-state index < -0.39 is 23.0 Å². The van der Waals surface area contributed by atoms with Crippen LogP contribution in [0.25, 0.3) is 27.5 Å². The lowest BCUT2D eigenvalue weighted by Gasteiger charge is -2.11. The van der Waals surface area contributed by atoms with Crippen LogP contribution in [0.15, 0.2) is 56.7 Å². The summed E-state index contributed by atoms with van der Waals surface area (Å²) >= 11 is 7.46. The molecule has 166 valence electrons. The highest BCUT2D eigenvalue weighted by Gasteiger charge is 2.27. The molecule has 3 aromatic heterocycles. The second-order valence-electron chi connectivity index (χ2n) is 7.61. The van der Waals surface area contributed by atoms with Crippen molar-refractivity contribution < 1.29 is 14.3 Å². The highest BCUT2D eigenvalue weighted by molar-refractivity contribution is 7.09. The van der Waals surface area contributed by atoms with Crippen molar-refractivity contribution in [1.29, 1.82) is 0 Å². The first kappa shape index (κ1) is 21.2. The third-order valence-corrected chi connectivity index (χ3v) is 6.60. The lowest BCUT2D eigenvalue weighted by atomic mass is 10.1. The van der Waals surface area contributed by atoms with Crippen LogP contribution < -0.4 is 11.2 Å². The van der Waals surface area contributed by atoms with Crippen molar-refractivity contribution >= 4 is 50.7 Å². The van der Waals surface area contributed by atoms with Crippen LogP contribution in [0.2, 0.25) is 5.02 Å². The van der Waals surface area contributed by atoms with E-state index in [0.717, 1.165) is 16.2 Å². The van der Waals surface area contributed by atoms with E-state index in [0.29, 0.717) is 22.0 Å². The van der Waals surface area contributed by atoms with E-state index in [-0.39, 0.29) is 28.3 Å². The smallest absolute Gasteiger partial charge is 0.354 e. The Morgan fingerprint density at radius 1 is 1.15 bits per heavy atom. The average molecular weight is 484 g/mol. The summed E-state index contributed by atoms with van der Waals surface area (Å²) in [5.74, 6) is -1.84. The Kier molecular flexibility index (Phi) is 4.95. The summed E-state index contributed by atoms with van der Waals surface area (Å²) < 4.78 is 15.9. The Balaban J connectivity index is 1.90. The van der Waals surface area contributed by atoms with Gasteiger partial charge in [-0.1, -0.05) is 29.3 Å². The predicted octanol–water partition coefficient (Wildman–Crippen LogP) is 4.54. The number of hydrogen-bond donors (Lipinski definition) is 2. The minimum atomic E-state index is -1.33. The van der Waals surface area contributed by atoms with Gasteiger partial charge in [0.25, 0.3) is 5.56 Å². The number of fused-ring (bicyclic) bond motifs is 2. The molecule has 5 aromatic rings. The van der Waals surface area contributed by atoms with Gasteiger partial charge < -0.3 is 14.7 Å².